The van der Waals surface area contributed by atoms with Crippen molar-refractivity contribution in [1.82, 2.24) is 0 Å². The fraction of sp³-hybridized carbons (Fsp3) is 0.0870. The Balaban J connectivity index is 2.01. The number of nitrogens with one attached hydrogen (secondary N) is 1. The average Bonchev–Trinajstić information content (AvgIpc) is 2.81. The topological polar surface area (TPSA) is 201 Å². The number of benzene rings is 3. The van der Waals surface area contributed by atoms with Gasteiger partial charge in [-0.15, -0.1) is 0 Å². The largest absolute Gasteiger partial charge is 0.397 e. The Morgan fingerprint density at radius 3 is 1.89 bits per heavy atom. The Morgan fingerprint density at radius 2 is 1.38 bits per heavy atom. The number of nitrogen functional groups attached to an aromatic ring is 1. The fourth-order valence-corrected chi connectivity index (χ4v) is 5.28. The molecule has 37 heavy (non-hydrogen) atoms. The van der Waals surface area contributed by atoms with Gasteiger partial charge in [0.1, 0.15) is 9.79 Å². The monoisotopic (exact) mass is 545 g/mol. The van der Waals surface area contributed by atoms with Crippen molar-refractivity contribution in [3.63, 3.8) is 0 Å². The number of hydrogen-bond donors (Lipinski definition) is 4. The minimum Gasteiger partial charge on any atom is -0.397 e. The minimum atomic E-state index is -5.01. The molecule has 192 valence electrons. The second-order valence-electron chi connectivity index (χ2n) is 8.12. The highest BCUT2D eigenvalue weighted by Gasteiger charge is 2.36. The molecule has 0 bridgehead atoms. The molecule has 1 aliphatic carbocycles. The number of nitrogens with zero attached hydrogens (tertiary/aromatic N) is 1. The van der Waals surface area contributed by atoms with Crippen LogP contribution in [0, 0.1) is 0 Å². The molecule has 0 saturated carbocycles. The van der Waals surface area contributed by atoms with Crippen molar-refractivity contribution >= 4 is 60.5 Å². The summed E-state index contributed by atoms with van der Waals surface area (Å²) in [6.45, 7) is 1.23. The van der Waals surface area contributed by atoms with Crippen molar-refractivity contribution in [3.05, 3.63) is 70.8 Å². The van der Waals surface area contributed by atoms with Crippen LogP contribution in [0.3, 0.4) is 0 Å². The first-order valence-electron chi connectivity index (χ1n) is 10.4. The molecule has 0 aromatic heterocycles. The molecule has 4 rings (SSSR count). The molecule has 0 fully saturated rings. The highest BCUT2D eigenvalue weighted by Crippen LogP contribution is 2.41. The van der Waals surface area contributed by atoms with Crippen LogP contribution in [-0.2, 0) is 25.0 Å². The predicted octanol–water partition coefficient (Wildman–Crippen LogP) is 2.26. The molecule has 0 atom stereocenters. The lowest BCUT2D eigenvalue weighted by molar-refractivity contribution is -0.116. The first kappa shape index (κ1) is 26.0. The van der Waals surface area contributed by atoms with Crippen molar-refractivity contribution in [2.24, 2.45) is 0 Å². The molecule has 0 aliphatic heterocycles. The second-order valence-corrected chi connectivity index (χ2v) is 10.9. The van der Waals surface area contributed by atoms with E-state index in [1.165, 1.54) is 44.3 Å². The number of rotatable bonds is 5. The Hall–Kier alpha value is -4.11. The molecule has 0 spiro atoms. The molecular weight excluding hydrogens is 526 g/mol. The van der Waals surface area contributed by atoms with Crippen LogP contribution < -0.4 is 16.0 Å². The summed E-state index contributed by atoms with van der Waals surface area (Å²) in [5.41, 5.74) is 3.77. The van der Waals surface area contributed by atoms with Crippen molar-refractivity contribution in [3.8, 4) is 0 Å². The van der Waals surface area contributed by atoms with E-state index in [1.807, 2.05) is 0 Å². The number of anilines is 4. The van der Waals surface area contributed by atoms with Crippen molar-refractivity contribution < 1.29 is 40.3 Å². The van der Waals surface area contributed by atoms with E-state index < -0.39 is 58.8 Å². The maximum atomic E-state index is 13.4. The normalized spacial score (nSPS) is 13.1. The van der Waals surface area contributed by atoms with E-state index in [0.29, 0.717) is 0 Å². The summed E-state index contributed by atoms with van der Waals surface area (Å²) in [5.74, 6) is -1.94. The van der Waals surface area contributed by atoms with Crippen LogP contribution in [-0.4, -0.2) is 50.5 Å². The number of amides is 1. The lowest BCUT2D eigenvalue weighted by Crippen LogP contribution is -2.25. The van der Waals surface area contributed by atoms with E-state index in [2.05, 4.69) is 5.32 Å². The van der Waals surface area contributed by atoms with Crippen LogP contribution >= 0.6 is 0 Å². The summed E-state index contributed by atoms with van der Waals surface area (Å²) in [6.07, 6.45) is 0. The van der Waals surface area contributed by atoms with Gasteiger partial charge in [0.25, 0.3) is 20.2 Å². The Morgan fingerprint density at radius 1 is 0.838 bits per heavy atom. The summed E-state index contributed by atoms with van der Waals surface area (Å²) in [5, 5.41) is 2.58. The van der Waals surface area contributed by atoms with Gasteiger partial charge in [-0.1, -0.05) is 24.3 Å². The maximum absolute atomic E-state index is 13.4. The number of carbonyl (C=O) groups is 3. The van der Waals surface area contributed by atoms with Gasteiger partial charge in [-0.05, 0) is 24.3 Å². The molecule has 5 N–H and O–H groups in total. The van der Waals surface area contributed by atoms with Crippen LogP contribution in [0.2, 0.25) is 0 Å². The first-order chi connectivity index (χ1) is 17.1. The molecule has 0 radical (unpaired) electrons. The van der Waals surface area contributed by atoms with Gasteiger partial charge in [-0.2, -0.15) is 16.8 Å². The smallest absolute Gasteiger partial charge is 0.296 e. The molecule has 12 nitrogen and oxygen atoms in total. The lowest BCUT2D eigenvalue weighted by atomic mass is 9.82. The van der Waals surface area contributed by atoms with Crippen LogP contribution in [0.1, 0.15) is 38.8 Å². The quantitative estimate of drug-likeness (QED) is 0.212. The second kappa shape index (κ2) is 8.77. The van der Waals surface area contributed by atoms with Gasteiger partial charge in [-0.3, -0.25) is 23.5 Å². The van der Waals surface area contributed by atoms with Crippen molar-refractivity contribution in [2.45, 2.75) is 16.7 Å². The molecule has 1 amide bonds. The van der Waals surface area contributed by atoms with Crippen LogP contribution in [0.25, 0.3) is 0 Å². The highest BCUT2D eigenvalue weighted by atomic mass is 32.2. The van der Waals surface area contributed by atoms with Crippen molar-refractivity contribution in [2.75, 3.05) is 23.0 Å². The molecule has 3 aromatic carbocycles. The predicted molar refractivity (Wildman–Crippen MR) is 133 cm³/mol. The van der Waals surface area contributed by atoms with Gasteiger partial charge in [-0.25, -0.2) is 0 Å². The zero-order chi connectivity index (χ0) is 27.4. The highest BCUT2D eigenvalue weighted by molar-refractivity contribution is 7.86. The molecule has 14 heteroatoms. The minimum absolute atomic E-state index is 0.00418. The number of hydrogen-bond acceptors (Lipinski definition) is 9. The van der Waals surface area contributed by atoms with Gasteiger partial charge in [0.05, 0.1) is 28.2 Å². The van der Waals surface area contributed by atoms with Gasteiger partial charge < -0.3 is 16.0 Å². The average molecular weight is 546 g/mol. The summed E-state index contributed by atoms with van der Waals surface area (Å²) in [4.78, 5) is 37.9. The maximum Gasteiger partial charge on any atom is 0.296 e. The number of carbonyl (C=O) groups excluding carboxylic acids is 3. The van der Waals surface area contributed by atoms with Crippen LogP contribution in [0.5, 0.6) is 0 Å². The van der Waals surface area contributed by atoms with Gasteiger partial charge >= 0.3 is 0 Å². The summed E-state index contributed by atoms with van der Waals surface area (Å²) < 4.78 is 68.0. The van der Waals surface area contributed by atoms with Gasteiger partial charge in [0, 0.05) is 30.8 Å². The zero-order valence-electron chi connectivity index (χ0n) is 19.2. The third-order valence-corrected chi connectivity index (χ3v) is 7.64. The lowest BCUT2D eigenvalue weighted by Gasteiger charge is -2.24. The van der Waals surface area contributed by atoms with Gasteiger partial charge in [0.15, 0.2) is 11.6 Å². The van der Waals surface area contributed by atoms with Crippen molar-refractivity contribution in [1.29, 1.82) is 0 Å². The van der Waals surface area contributed by atoms with Crippen LogP contribution in [0.15, 0.2) is 58.3 Å². The Kier molecular flexibility index (Phi) is 6.16. The van der Waals surface area contributed by atoms with E-state index in [9.17, 15) is 40.3 Å². The molecule has 0 heterocycles. The van der Waals surface area contributed by atoms with E-state index >= 15 is 0 Å². The van der Waals surface area contributed by atoms with E-state index in [4.69, 9.17) is 5.73 Å². The zero-order valence-corrected chi connectivity index (χ0v) is 20.8. The summed E-state index contributed by atoms with van der Waals surface area (Å²) in [6, 6.07) is 10.00. The Bertz CT molecular complexity index is 1750. The number of fused-ring (bicyclic) bond motifs is 2. The molecule has 0 unspecified atom stereocenters. The molecule has 0 saturated heterocycles. The molecule has 3 aromatic rings. The standard InChI is InChI=1S/C23H19N3O9S2/c1-11(27)26(2)12-7-8-15(17(9-12)36(30,31)32)25-16-10-18(37(33,34)35)21(24)20-19(16)22(28)13-5-3-4-6-14(13)23(20)29/h3-10,25H,24H2,1-2H3,(H,30,31,32)(H,33,34,35). The van der Waals surface area contributed by atoms with E-state index in [-0.39, 0.29) is 33.8 Å². The Labute approximate surface area is 211 Å². The van der Waals surface area contributed by atoms with E-state index in [0.717, 1.165) is 23.1 Å². The first-order valence-corrected chi connectivity index (χ1v) is 13.3. The third kappa shape index (κ3) is 4.46. The summed E-state index contributed by atoms with van der Waals surface area (Å²) >= 11 is 0. The van der Waals surface area contributed by atoms with E-state index in [1.54, 1.807) is 0 Å². The molecular formula is C23H19N3O9S2. The third-order valence-electron chi connectivity index (χ3n) is 5.85. The molecule has 1 aliphatic rings. The fourth-order valence-electron chi connectivity index (χ4n) is 3.97. The summed E-state index contributed by atoms with van der Waals surface area (Å²) in [7, 11) is -8.56. The SMILES string of the molecule is CC(=O)N(C)c1ccc(Nc2cc(S(=O)(=O)O)c(N)c3c2C(=O)c2ccccc2C3=O)c(S(=O)(=O)O)c1. The van der Waals surface area contributed by atoms with Gasteiger partial charge in [0.2, 0.25) is 5.91 Å². The number of nitrogens with two attached hydrogens (primary N) is 1. The number of ketones is 2. The van der Waals surface area contributed by atoms with Crippen LogP contribution in [0.4, 0.5) is 22.7 Å².